The van der Waals surface area contributed by atoms with Crippen LogP contribution < -0.4 is 0 Å². The third kappa shape index (κ3) is 3.51. The fourth-order valence-electron chi connectivity index (χ4n) is 3.76. The van der Waals surface area contributed by atoms with Crippen LogP contribution in [0, 0.1) is 0 Å². The summed E-state index contributed by atoms with van der Waals surface area (Å²) in [7, 11) is 0. The minimum Gasteiger partial charge on any atom is -0.452 e. The highest BCUT2D eigenvalue weighted by Crippen LogP contribution is 2.30. The summed E-state index contributed by atoms with van der Waals surface area (Å²) in [6, 6.07) is 12.7. The quantitative estimate of drug-likeness (QED) is 0.475. The number of nitrogens with one attached hydrogen (secondary N) is 1. The lowest BCUT2D eigenvalue weighted by Gasteiger charge is -2.10. The van der Waals surface area contributed by atoms with Crippen LogP contribution in [0.5, 0.6) is 0 Å². The van der Waals surface area contributed by atoms with E-state index in [0.29, 0.717) is 16.5 Å². The van der Waals surface area contributed by atoms with Crippen molar-refractivity contribution in [2.75, 3.05) is 0 Å². The van der Waals surface area contributed by atoms with Gasteiger partial charge in [-0.3, -0.25) is 0 Å². The molecule has 0 atom stereocenters. The zero-order chi connectivity index (χ0) is 19.8. The van der Waals surface area contributed by atoms with E-state index < -0.39 is 5.97 Å². The van der Waals surface area contributed by atoms with Gasteiger partial charge in [-0.05, 0) is 73.7 Å². The molecule has 2 aromatic carbocycles. The molecule has 0 saturated carbocycles. The van der Waals surface area contributed by atoms with Crippen LogP contribution in [-0.4, -0.2) is 21.2 Å². The van der Waals surface area contributed by atoms with Crippen molar-refractivity contribution in [3.05, 3.63) is 70.2 Å². The minimum atomic E-state index is -0.413. The van der Waals surface area contributed by atoms with Crippen LogP contribution in [0.15, 0.2) is 46.9 Å². The summed E-state index contributed by atoms with van der Waals surface area (Å²) in [5, 5.41) is 9.68. The summed E-state index contributed by atoms with van der Waals surface area (Å²) in [4.78, 5) is 16.0. The van der Waals surface area contributed by atoms with Crippen molar-refractivity contribution in [2.24, 2.45) is 0 Å². The largest absolute Gasteiger partial charge is 0.452 e. The first-order valence-corrected chi connectivity index (χ1v) is 9.94. The van der Waals surface area contributed by atoms with Gasteiger partial charge in [0.15, 0.2) is 6.61 Å². The molecule has 0 unspecified atom stereocenters. The molecule has 29 heavy (non-hydrogen) atoms. The Bertz CT molecular complexity index is 1190. The highest BCUT2D eigenvalue weighted by molar-refractivity contribution is 6.30. The first kappa shape index (κ1) is 17.9. The second kappa shape index (κ2) is 7.37. The summed E-state index contributed by atoms with van der Waals surface area (Å²) in [5.41, 5.74) is 4.95. The molecule has 4 aromatic rings. The van der Waals surface area contributed by atoms with Crippen molar-refractivity contribution in [3.63, 3.8) is 0 Å². The van der Waals surface area contributed by atoms with Crippen LogP contribution in [0.3, 0.4) is 0 Å². The van der Waals surface area contributed by atoms with E-state index in [0.717, 1.165) is 29.3 Å². The Balaban J connectivity index is 1.30. The smallest absolute Gasteiger partial charge is 0.338 e. The number of H-pyrrole nitrogens is 1. The van der Waals surface area contributed by atoms with Gasteiger partial charge in [0, 0.05) is 27.2 Å². The van der Waals surface area contributed by atoms with Gasteiger partial charge in [0.25, 0.3) is 5.89 Å². The van der Waals surface area contributed by atoms with Crippen molar-refractivity contribution in [1.29, 1.82) is 0 Å². The fourth-order valence-corrected chi connectivity index (χ4v) is 3.89. The van der Waals surface area contributed by atoms with Crippen molar-refractivity contribution in [2.45, 2.75) is 32.3 Å². The van der Waals surface area contributed by atoms with Gasteiger partial charge >= 0.3 is 5.97 Å². The van der Waals surface area contributed by atoms with Crippen LogP contribution in [0.25, 0.3) is 22.4 Å². The van der Waals surface area contributed by atoms with E-state index in [-0.39, 0.29) is 12.5 Å². The fraction of sp³-hybridized carbons (Fsp3) is 0.227. The summed E-state index contributed by atoms with van der Waals surface area (Å²) in [6.07, 6.45) is 4.50. The summed E-state index contributed by atoms with van der Waals surface area (Å²) < 4.78 is 11.0. The highest BCUT2D eigenvalue weighted by atomic mass is 35.5. The normalized spacial score (nSPS) is 13.4. The molecule has 0 spiro atoms. The lowest BCUT2D eigenvalue weighted by atomic mass is 9.95. The maximum Gasteiger partial charge on any atom is 0.338 e. The number of halogens is 1. The number of esters is 1. The Kier molecular flexibility index (Phi) is 4.56. The number of hydrogen-bond acceptors (Lipinski definition) is 5. The first-order valence-electron chi connectivity index (χ1n) is 9.56. The first-order chi connectivity index (χ1) is 14.2. The van der Waals surface area contributed by atoms with E-state index in [1.807, 2.05) is 12.1 Å². The van der Waals surface area contributed by atoms with Gasteiger partial charge in [0.1, 0.15) is 0 Å². The SMILES string of the molecule is O=C(OCc1nnc(-c2ccc(Cl)cc2)o1)c1ccc2[nH]c3c(c2c1)CCCC3. The van der Waals surface area contributed by atoms with Crippen LogP contribution in [0.4, 0.5) is 0 Å². The minimum absolute atomic E-state index is 0.0807. The van der Waals surface area contributed by atoms with Crippen LogP contribution in [0.2, 0.25) is 5.02 Å². The predicted octanol–water partition coefficient (Wildman–Crippen LogP) is 5.11. The van der Waals surface area contributed by atoms with E-state index in [1.165, 1.54) is 24.1 Å². The van der Waals surface area contributed by atoms with E-state index in [2.05, 4.69) is 15.2 Å². The molecular weight excluding hydrogens is 390 g/mol. The third-order valence-corrected chi connectivity index (χ3v) is 5.47. The van der Waals surface area contributed by atoms with Gasteiger partial charge < -0.3 is 14.1 Å². The topological polar surface area (TPSA) is 81.0 Å². The Hall–Kier alpha value is -3.12. The maximum atomic E-state index is 12.5. The monoisotopic (exact) mass is 407 g/mol. The maximum absolute atomic E-state index is 12.5. The number of benzene rings is 2. The van der Waals surface area contributed by atoms with Gasteiger partial charge in [0.05, 0.1) is 5.56 Å². The molecule has 7 heteroatoms. The molecule has 1 aliphatic carbocycles. The lowest BCUT2D eigenvalue weighted by molar-refractivity contribution is 0.0439. The molecule has 0 bridgehead atoms. The van der Waals surface area contributed by atoms with E-state index >= 15 is 0 Å². The number of nitrogens with zero attached hydrogens (tertiary/aromatic N) is 2. The number of carbonyl (C=O) groups excluding carboxylic acids is 1. The summed E-state index contributed by atoms with van der Waals surface area (Å²) in [5.74, 6) is 0.181. The van der Waals surface area contributed by atoms with Gasteiger partial charge in [0.2, 0.25) is 5.89 Å². The van der Waals surface area contributed by atoms with E-state index in [4.69, 9.17) is 20.8 Å². The van der Waals surface area contributed by atoms with Crippen LogP contribution in [0.1, 0.15) is 40.3 Å². The highest BCUT2D eigenvalue weighted by Gasteiger charge is 2.18. The number of aromatic nitrogens is 3. The van der Waals surface area contributed by atoms with Gasteiger partial charge in [-0.25, -0.2) is 4.79 Å². The standard InChI is InChI=1S/C22H18ClN3O3/c23-15-8-5-13(6-9-15)21-26-25-20(29-21)12-28-22(27)14-7-10-19-17(11-14)16-3-1-2-4-18(16)24-19/h5-11,24H,1-4,12H2. The molecule has 1 aliphatic rings. The molecule has 146 valence electrons. The van der Waals surface area contributed by atoms with E-state index in [9.17, 15) is 4.79 Å². The number of rotatable bonds is 4. The van der Waals surface area contributed by atoms with Gasteiger partial charge in [-0.15, -0.1) is 10.2 Å². The molecule has 2 aromatic heterocycles. The summed E-state index contributed by atoms with van der Waals surface area (Å²) >= 11 is 5.89. The summed E-state index contributed by atoms with van der Waals surface area (Å²) in [6.45, 7) is -0.0807. The Morgan fingerprint density at radius 2 is 1.93 bits per heavy atom. The molecule has 1 N–H and O–H groups in total. The number of ether oxygens (including phenoxy) is 1. The molecule has 6 nitrogen and oxygen atoms in total. The second-order valence-corrected chi connectivity index (χ2v) is 7.57. The van der Waals surface area contributed by atoms with Crippen molar-refractivity contribution in [3.8, 4) is 11.5 Å². The molecule has 0 radical (unpaired) electrons. The molecule has 0 saturated heterocycles. The number of aromatic amines is 1. The van der Waals surface area contributed by atoms with Crippen molar-refractivity contribution >= 4 is 28.5 Å². The molecule has 0 fully saturated rings. The molecular formula is C22H18ClN3O3. The number of fused-ring (bicyclic) bond motifs is 3. The Morgan fingerprint density at radius 3 is 2.79 bits per heavy atom. The Morgan fingerprint density at radius 1 is 1.10 bits per heavy atom. The Labute approximate surface area is 171 Å². The number of carbonyl (C=O) groups is 1. The van der Waals surface area contributed by atoms with Crippen LogP contribution >= 0.6 is 11.6 Å². The predicted molar refractivity (Wildman–Crippen MR) is 109 cm³/mol. The van der Waals surface area contributed by atoms with Crippen LogP contribution in [-0.2, 0) is 24.2 Å². The van der Waals surface area contributed by atoms with Crippen molar-refractivity contribution in [1.82, 2.24) is 15.2 Å². The zero-order valence-corrected chi connectivity index (χ0v) is 16.3. The molecule has 0 aliphatic heterocycles. The van der Waals surface area contributed by atoms with Crippen molar-refractivity contribution < 1.29 is 13.9 Å². The zero-order valence-electron chi connectivity index (χ0n) is 15.6. The third-order valence-electron chi connectivity index (χ3n) is 5.22. The van der Waals surface area contributed by atoms with Gasteiger partial charge in [-0.1, -0.05) is 11.6 Å². The van der Waals surface area contributed by atoms with Gasteiger partial charge in [-0.2, -0.15) is 0 Å². The average Bonchev–Trinajstić information content (AvgIpc) is 3.37. The molecule has 0 amide bonds. The van der Waals surface area contributed by atoms with E-state index in [1.54, 1.807) is 30.3 Å². The number of hydrogen-bond donors (Lipinski definition) is 1. The second-order valence-electron chi connectivity index (χ2n) is 7.13. The molecule has 5 rings (SSSR count). The lowest BCUT2D eigenvalue weighted by Crippen LogP contribution is -2.05. The molecule has 2 heterocycles. The number of aryl methyl sites for hydroxylation is 2. The average molecular weight is 408 g/mol.